The number of hydrogen-bond acceptors (Lipinski definition) is 4. The molecule has 0 bridgehead atoms. The number of carbonyl (C=O) groups excluding carboxylic acids is 1. The third kappa shape index (κ3) is 3.75. The number of likely N-dealkylation sites (tertiary alicyclic amines) is 1. The van der Waals surface area contributed by atoms with Gasteiger partial charge in [-0.05, 0) is 63.6 Å². The molecular formula is C24H27N3O3. The van der Waals surface area contributed by atoms with Crippen molar-refractivity contribution >= 4 is 16.8 Å². The van der Waals surface area contributed by atoms with Crippen molar-refractivity contribution in [1.29, 1.82) is 0 Å². The van der Waals surface area contributed by atoms with E-state index in [1.807, 2.05) is 25.1 Å². The van der Waals surface area contributed by atoms with Crippen LogP contribution in [0.3, 0.4) is 0 Å². The number of nitrogens with zero attached hydrogens (tertiary/aromatic N) is 3. The SMILES string of the molecule is CCC(C)(C)OC1CN(C(=O)c2ccc(-n3c(C)nc4ccccc4c3=O)cc2)C1. The monoisotopic (exact) mass is 405 g/mol. The Balaban J connectivity index is 1.51. The molecule has 4 rings (SSSR count). The summed E-state index contributed by atoms with van der Waals surface area (Å²) in [6.07, 6.45) is 1.02. The Bertz CT molecular complexity index is 1140. The number of ether oxygens (including phenoxy) is 1. The van der Waals surface area contributed by atoms with Gasteiger partial charge >= 0.3 is 0 Å². The van der Waals surface area contributed by atoms with E-state index in [1.54, 1.807) is 39.8 Å². The minimum atomic E-state index is -0.166. The van der Waals surface area contributed by atoms with Crippen molar-refractivity contribution in [1.82, 2.24) is 14.5 Å². The largest absolute Gasteiger partial charge is 0.369 e. The molecule has 0 atom stereocenters. The zero-order valence-corrected chi connectivity index (χ0v) is 17.9. The van der Waals surface area contributed by atoms with Gasteiger partial charge in [0, 0.05) is 18.7 Å². The molecule has 0 unspecified atom stereocenters. The molecule has 1 fully saturated rings. The molecule has 1 amide bonds. The minimum Gasteiger partial charge on any atom is -0.369 e. The Labute approximate surface area is 176 Å². The summed E-state index contributed by atoms with van der Waals surface area (Å²) in [6.45, 7) is 9.27. The molecule has 1 aromatic heterocycles. The molecular weight excluding hydrogens is 378 g/mol. The fourth-order valence-electron chi connectivity index (χ4n) is 3.70. The van der Waals surface area contributed by atoms with Crippen LogP contribution in [0.5, 0.6) is 0 Å². The Morgan fingerprint density at radius 1 is 1.13 bits per heavy atom. The topological polar surface area (TPSA) is 64.4 Å². The highest BCUT2D eigenvalue weighted by molar-refractivity contribution is 5.95. The maximum absolute atomic E-state index is 12.9. The molecule has 30 heavy (non-hydrogen) atoms. The molecule has 0 spiro atoms. The first-order valence-electron chi connectivity index (χ1n) is 10.3. The molecule has 0 saturated carbocycles. The van der Waals surface area contributed by atoms with E-state index in [9.17, 15) is 9.59 Å². The van der Waals surface area contributed by atoms with Crippen LogP contribution in [0.25, 0.3) is 16.6 Å². The van der Waals surface area contributed by atoms with E-state index in [0.29, 0.717) is 41.1 Å². The van der Waals surface area contributed by atoms with Crippen molar-refractivity contribution in [2.75, 3.05) is 13.1 Å². The second kappa shape index (κ2) is 7.69. The number of carbonyl (C=O) groups is 1. The van der Waals surface area contributed by atoms with Crippen molar-refractivity contribution in [2.45, 2.75) is 45.8 Å². The fraction of sp³-hybridized carbons (Fsp3) is 0.375. The molecule has 2 heterocycles. The Morgan fingerprint density at radius 2 is 1.80 bits per heavy atom. The normalized spacial score (nSPS) is 14.7. The number of benzene rings is 2. The zero-order chi connectivity index (χ0) is 21.5. The van der Waals surface area contributed by atoms with Gasteiger partial charge in [0.2, 0.25) is 0 Å². The number of fused-ring (bicyclic) bond motifs is 1. The standard InChI is InChI=1S/C24H27N3O3/c1-5-24(3,4)30-19-14-26(15-19)22(28)17-10-12-18(13-11-17)27-16(2)25-21-9-7-6-8-20(21)23(27)29/h6-13,19H,5,14-15H2,1-4H3. The lowest BCUT2D eigenvalue weighted by Gasteiger charge is -2.42. The third-order valence-corrected chi connectivity index (χ3v) is 5.79. The van der Waals surface area contributed by atoms with E-state index in [4.69, 9.17) is 4.74 Å². The smallest absolute Gasteiger partial charge is 0.265 e. The highest BCUT2D eigenvalue weighted by atomic mass is 16.5. The van der Waals surface area contributed by atoms with E-state index in [-0.39, 0.29) is 23.2 Å². The number of para-hydroxylation sites is 1. The van der Waals surface area contributed by atoms with Gasteiger partial charge < -0.3 is 9.64 Å². The maximum atomic E-state index is 12.9. The molecule has 3 aromatic rings. The van der Waals surface area contributed by atoms with E-state index >= 15 is 0 Å². The predicted molar refractivity (Wildman–Crippen MR) is 117 cm³/mol. The average molecular weight is 405 g/mol. The summed E-state index contributed by atoms with van der Waals surface area (Å²) < 4.78 is 7.62. The average Bonchev–Trinajstić information content (AvgIpc) is 2.70. The third-order valence-electron chi connectivity index (χ3n) is 5.79. The molecule has 1 saturated heterocycles. The Morgan fingerprint density at radius 3 is 2.47 bits per heavy atom. The molecule has 156 valence electrons. The van der Waals surface area contributed by atoms with Gasteiger partial charge in [-0.3, -0.25) is 14.2 Å². The summed E-state index contributed by atoms with van der Waals surface area (Å²) in [7, 11) is 0. The van der Waals surface area contributed by atoms with Crippen LogP contribution in [-0.2, 0) is 4.74 Å². The van der Waals surface area contributed by atoms with Crippen LogP contribution in [0.4, 0.5) is 0 Å². The van der Waals surface area contributed by atoms with Crippen molar-refractivity contribution in [2.24, 2.45) is 0 Å². The van der Waals surface area contributed by atoms with E-state index in [2.05, 4.69) is 25.8 Å². The quantitative estimate of drug-likeness (QED) is 0.649. The van der Waals surface area contributed by atoms with Crippen LogP contribution in [0.15, 0.2) is 53.3 Å². The van der Waals surface area contributed by atoms with E-state index < -0.39 is 0 Å². The van der Waals surface area contributed by atoms with E-state index in [0.717, 1.165) is 6.42 Å². The summed E-state index contributed by atoms with van der Waals surface area (Å²) in [5.41, 5.74) is 1.70. The van der Waals surface area contributed by atoms with Crippen molar-refractivity contribution < 1.29 is 9.53 Å². The van der Waals surface area contributed by atoms with Crippen LogP contribution in [-0.4, -0.2) is 45.2 Å². The Hall–Kier alpha value is -2.99. The van der Waals surface area contributed by atoms with E-state index in [1.165, 1.54) is 0 Å². The van der Waals surface area contributed by atoms with Gasteiger partial charge in [0.15, 0.2) is 0 Å². The molecule has 0 radical (unpaired) electrons. The van der Waals surface area contributed by atoms with Crippen LogP contribution < -0.4 is 5.56 Å². The fourth-order valence-corrected chi connectivity index (χ4v) is 3.70. The van der Waals surface area contributed by atoms with Crippen molar-refractivity contribution in [3.8, 4) is 5.69 Å². The molecule has 6 heteroatoms. The number of amides is 1. The van der Waals surface area contributed by atoms with Gasteiger partial charge in [0.1, 0.15) is 5.82 Å². The first-order chi connectivity index (χ1) is 14.3. The Kier molecular flexibility index (Phi) is 5.20. The van der Waals surface area contributed by atoms with Crippen molar-refractivity contribution in [3.63, 3.8) is 0 Å². The van der Waals surface area contributed by atoms with Crippen LogP contribution in [0.2, 0.25) is 0 Å². The number of hydrogen-bond donors (Lipinski definition) is 0. The van der Waals surface area contributed by atoms with Crippen LogP contribution in [0.1, 0.15) is 43.4 Å². The first-order valence-corrected chi connectivity index (χ1v) is 10.3. The first kappa shape index (κ1) is 20.3. The number of aromatic nitrogens is 2. The van der Waals surface area contributed by atoms with Crippen LogP contribution >= 0.6 is 0 Å². The second-order valence-corrected chi connectivity index (χ2v) is 8.43. The minimum absolute atomic E-state index is 0.0172. The van der Waals surface area contributed by atoms with Gasteiger partial charge in [-0.15, -0.1) is 0 Å². The highest BCUT2D eigenvalue weighted by Crippen LogP contribution is 2.23. The number of aryl methyl sites for hydroxylation is 1. The highest BCUT2D eigenvalue weighted by Gasteiger charge is 2.35. The zero-order valence-electron chi connectivity index (χ0n) is 17.9. The second-order valence-electron chi connectivity index (χ2n) is 8.43. The molecule has 1 aliphatic rings. The lowest BCUT2D eigenvalue weighted by Crippen LogP contribution is -2.56. The van der Waals surface area contributed by atoms with Gasteiger partial charge in [-0.2, -0.15) is 0 Å². The van der Waals surface area contributed by atoms with Gasteiger partial charge in [-0.1, -0.05) is 19.1 Å². The predicted octanol–water partition coefficient (Wildman–Crippen LogP) is 3.72. The lowest BCUT2D eigenvalue weighted by atomic mass is 10.0. The summed E-state index contributed by atoms with van der Waals surface area (Å²) >= 11 is 0. The lowest BCUT2D eigenvalue weighted by molar-refractivity contribution is -0.122. The molecule has 2 aromatic carbocycles. The molecule has 0 aliphatic carbocycles. The summed E-state index contributed by atoms with van der Waals surface area (Å²) in [5, 5.41) is 0.574. The van der Waals surface area contributed by atoms with Crippen molar-refractivity contribution in [3.05, 3.63) is 70.3 Å². The molecule has 0 N–H and O–H groups in total. The summed E-state index contributed by atoms with van der Waals surface area (Å²) in [4.78, 5) is 32.0. The van der Waals surface area contributed by atoms with Gasteiger partial charge in [0.25, 0.3) is 11.5 Å². The maximum Gasteiger partial charge on any atom is 0.265 e. The van der Waals surface area contributed by atoms with Gasteiger partial charge in [-0.25, -0.2) is 4.98 Å². The molecule has 1 aliphatic heterocycles. The summed E-state index contributed by atoms with van der Waals surface area (Å²) in [5.74, 6) is 0.593. The molecule has 6 nitrogen and oxygen atoms in total. The number of rotatable bonds is 5. The van der Waals surface area contributed by atoms with Gasteiger partial charge in [0.05, 0.1) is 28.3 Å². The van der Waals surface area contributed by atoms with Crippen LogP contribution in [0, 0.1) is 6.92 Å². The summed E-state index contributed by atoms with van der Waals surface area (Å²) in [6, 6.07) is 14.4.